The molecule has 7 heteroatoms. The zero-order valence-corrected chi connectivity index (χ0v) is 15.5. The molecule has 0 aromatic heterocycles. The van der Waals surface area contributed by atoms with Crippen molar-refractivity contribution in [1.29, 1.82) is 0 Å². The molecule has 0 radical (unpaired) electrons. The number of thioether (sulfide) groups is 1. The molecule has 26 heavy (non-hydrogen) atoms. The van der Waals surface area contributed by atoms with Crippen molar-refractivity contribution in [1.82, 2.24) is 0 Å². The van der Waals surface area contributed by atoms with Gasteiger partial charge >= 0.3 is 11.9 Å². The van der Waals surface area contributed by atoms with Crippen LogP contribution >= 0.6 is 11.8 Å². The molecule has 2 aromatic carbocycles. The third-order valence-electron chi connectivity index (χ3n) is 3.47. The quantitative estimate of drug-likeness (QED) is 0.617. The van der Waals surface area contributed by atoms with E-state index < -0.39 is 11.9 Å². The summed E-state index contributed by atoms with van der Waals surface area (Å²) in [7, 11) is 2.48. The normalized spacial score (nSPS) is 11.3. The molecule has 0 bridgehead atoms. The Bertz CT molecular complexity index is 773. The summed E-state index contributed by atoms with van der Waals surface area (Å²) < 4.78 is 9.37. The largest absolute Gasteiger partial charge is 0.465 e. The highest BCUT2D eigenvalue weighted by atomic mass is 32.2. The summed E-state index contributed by atoms with van der Waals surface area (Å²) in [5.41, 5.74) is 0.613. The minimum Gasteiger partial charge on any atom is -0.465 e. The number of amides is 1. The molecule has 0 saturated carbocycles. The van der Waals surface area contributed by atoms with Gasteiger partial charge in [0.2, 0.25) is 5.91 Å². The lowest BCUT2D eigenvalue weighted by molar-refractivity contribution is -0.115. The van der Waals surface area contributed by atoms with Gasteiger partial charge in [0.05, 0.1) is 30.6 Å². The van der Waals surface area contributed by atoms with E-state index in [1.54, 1.807) is 6.92 Å². The molecule has 6 nitrogen and oxygen atoms in total. The Morgan fingerprint density at radius 1 is 0.923 bits per heavy atom. The van der Waals surface area contributed by atoms with Gasteiger partial charge in [0.1, 0.15) is 0 Å². The van der Waals surface area contributed by atoms with Crippen LogP contribution in [-0.4, -0.2) is 37.3 Å². The molecule has 0 aliphatic carbocycles. The van der Waals surface area contributed by atoms with Crippen LogP contribution in [0.4, 0.5) is 5.69 Å². The van der Waals surface area contributed by atoms with Gasteiger partial charge < -0.3 is 14.8 Å². The summed E-state index contributed by atoms with van der Waals surface area (Å²) >= 11 is 1.41. The van der Waals surface area contributed by atoms with Crippen LogP contribution < -0.4 is 5.32 Å². The fourth-order valence-corrected chi connectivity index (χ4v) is 3.06. The number of rotatable bonds is 6. The molecule has 2 aromatic rings. The molecule has 0 fully saturated rings. The Kier molecular flexibility index (Phi) is 6.80. The maximum Gasteiger partial charge on any atom is 0.337 e. The van der Waals surface area contributed by atoms with Gasteiger partial charge in [-0.15, -0.1) is 11.8 Å². The van der Waals surface area contributed by atoms with Crippen molar-refractivity contribution >= 4 is 35.3 Å². The first-order valence-electron chi connectivity index (χ1n) is 7.79. The van der Waals surface area contributed by atoms with E-state index in [9.17, 15) is 14.4 Å². The van der Waals surface area contributed by atoms with Crippen LogP contribution in [0.5, 0.6) is 0 Å². The number of ether oxygens (including phenoxy) is 2. The van der Waals surface area contributed by atoms with Gasteiger partial charge in [-0.25, -0.2) is 9.59 Å². The number of benzene rings is 2. The monoisotopic (exact) mass is 373 g/mol. The Labute approximate surface area is 155 Å². The van der Waals surface area contributed by atoms with E-state index in [-0.39, 0.29) is 22.3 Å². The third kappa shape index (κ3) is 5.10. The lowest BCUT2D eigenvalue weighted by Gasteiger charge is -2.13. The van der Waals surface area contributed by atoms with Crippen LogP contribution in [-0.2, 0) is 14.3 Å². The number of nitrogens with one attached hydrogen (secondary N) is 1. The van der Waals surface area contributed by atoms with Crippen molar-refractivity contribution in [2.45, 2.75) is 17.1 Å². The van der Waals surface area contributed by atoms with Crippen molar-refractivity contribution in [2.24, 2.45) is 0 Å². The lowest BCUT2D eigenvalue weighted by atomic mass is 10.1. The van der Waals surface area contributed by atoms with Crippen molar-refractivity contribution in [3.63, 3.8) is 0 Å². The van der Waals surface area contributed by atoms with E-state index >= 15 is 0 Å². The number of hydrogen-bond donors (Lipinski definition) is 1. The van der Waals surface area contributed by atoms with Crippen LogP contribution in [0.15, 0.2) is 53.4 Å². The van der Waals surface area contributed by atoms with Gasteiger partial charge in [0.15, 0.2) is 0 Å². The van der Waals surface area contributed by atoms with Gasteiger partial charge in [0.25, 0.3) is 0 Å². The molecule has 0 spiro atoms. The first-order chi connectivity index (χ1) is 12.4. The van der Waals surface area contributed by atoms with Crippen LogP contribution in [0.3, 0.4) is 0 Å². The summed E-state index contributed by atoms with van der Waals surface area (Å²) in [6, 6.07) is 13.8. The molecule has 2 rings (SSSR count). The van der Waals surface area contributed by atoms with Gasteiger partial charge in [-0.3, -0.25) is 4.79 Å². The molecule has 1 N–H and O–H groups in total. The van der Waals surface area contributed by atoms with Crippen LogP contribution in [0.2, 0.25) is 0 Å². The van der Waals surface area contributed by atoms with E-state index in [2.05, 4.69) is 14.8 Å². The molecule has 1 unspecified atom stereocenters. The number of hydrogen-bond acceptors (Lipinski definition) is 6. The lowest BCUT2D eigenvalue weighted by Crippen LogP contribution is -2.23. The number of methoxy groups -OCH3 is 2. The predicted octanol–water partition coefficient (Wildman–Crippen LogP) is 3.38. The molecular formula is C19H19NO5S. The number of esters is 2. The molecule has 0 aliphatic heterocycles. The van der Waals surface area contributed by atoms with Crippen molar-refractivity contribution in [3.8, 4) is 0 Å². The highest BCUT2D eigenvalue weighted by Gasteiger charge is 2.18. The van der Waals surface area contributed by atoms with Crippen LogP contribution in [0.1, 0.15) is 27.6 Å². The Balaban J connectivity index is 2.19. The molecular weight excluding hydrogens is 354 g/mol. The van der Waals surface area contributed by atoms with E-state index in [0.717, 1.165) is 4.90 Å². The average molecular weight is 373 g/mol. The summed E-state index contributed by atoms with van der Waals surface area (Å²) in [5, 5.41) is 2.35. The maximum atomic E-state index is 12.5. The first-order valence-corrected chi connectivity index (χ1v) is 8.67. The van der Waals surface area contributed by atoms with Crippen molar-refractivity contribution < 1.29 is 23.9 Å². The fourth-order valence-electron chi connectivity index (χ4n) is 2.17. The summed E-state index contributed by atoms with van der Waals surface area (Å²) in [4.78, 5) is 37.0. The maximum absolute atomic E-state index is 12.5. The standard InChI is InChI=1S/C19H19NO5S/c1-12(26-16-7-5-4-6-8-16)17(21)20-15-10-13(18(22)24-2)9-14(11-15)19(23)25-3/h4-12H,1-3H3,(H,20,21). The third-order valence-corrected chi connectivity index (χ3v) is 4.58. The second-order valence-electron chi connectivity index (χ2n) is 5.34. The Morgan fingerprint density at radius 2 is 1.46 bits per heavy atom. The zero-order valence-electron chi connectivity index (χ0n) is 14.6. The summed E-state index contributed by atoms with van der Waals surface area (Å²) in [5.74, 6) is -1.48. The predicted molar refractivity (Wildman–Crippen MR) is 99.5 cm³/mol. The van der Waals surface area contributed by atoms with E-state index in [0.29, 0.717) is 5.69 Å². The second-order valence-corrected chi connectivity index (χ2v) is 6.76. The van der Waals surface area contributed by atoms with Crippen molar-refractivity contribution in [2.75, 3.05) is 19.5 Å². The molecule has 0 aliphatic rings. The Hall–Kier alpha value is -2.80. The highest BCUT2D eigenvalue weighted by molar-refractivity contribution is 8.00. The minimum absolute atomic E-state index is 0.147. The first kappa shape index (κ1) is 19.5. The smallest absolute Gasteiger partial charge is 0.337 e. The summed E-state index contributed by atoms with van der Waals surface area (Å²) in [6.07, 6.45) is 0. The highest BCUT2D eigenvalue weighted by Crippen LogP contribution is 2.24. The minimum atomic E-state index is -0.613. The SMILES string of the molecule is COC(=O)c1cc(NC(=O)C(C)Sc2ccccc2)cc(C(=O)OC)c1. The van der Waals surface area contributed by atoms with Gasteiger partial charge in [-0.05, 0) is 37.3 Å². The van der Waals surface area contributed by atoms with Crippen LogP contribution in [0.25, 0.3) is 0 Å². The van der Waals surface area contributed by atoms with Gasteiger partial charge in [-0.2, -0.15) is 0 Å². The molecule has 136 valence electrons. The molecule has 1 atom stereocenters. The summed E-state index contributed by atoms with van der Waals surface area (Å²) in [6.45, 7) is 1.78. The Morgan fingerprint density at radius 3 is 1.96 bits per heavy atom. The number of carbonyl (C=O) groups is 3. The molecule has 1 amide bonds. The van der Waals surface area contributed by atoms with E-state index in [1.165, 1.54) is 44.2 Å². The molecule has 0 heterocycles. The average Bonchev–Trinajstić information content (AvgIpc) is 2.67. The van der Waals surface area contributed by atoms with Crippen molar-refractivity contribution in [3.05, 3.63) is 59.7 Å². The van der Waals surface area contributed by atoms with Crippen LogP contribution in [0, 0.1) is 0 Å². The number of anilines is 1. The number of carbonyl (C=O) groups excluding carboxylic acids is 3. The fraction of sp³-hybridized carbons (Fsp3) is 0.211. The second kappa shape index (κ2) is 9.05. The van der Waals surface area contributed by atoms with E-state index in [1.807, 2.05) is 30.3 Å². The van der Waals surface area contributed by atoms with Gasteiger partial charge in [0, 0.05) is 10.6 Å². The zero-order chi connectivity index (χ0) is 19.1. The topological polar surface area (TPSA) is 81.7 Å². The molecule has 0 saturated heterocycles. The van der Waals surface area contributed by atoms with E-state index in [4.69, 9.17) is 0 Å². The van der Waals surface area contributed by atoms with Gasteiger partial charge in [-0.1, -0.05) is 18.2 Å².